The molecule has 2 N–H and O–H groups in total. The second-order valence-corrected chi connectivity index (χ2v) is 6.51. The number of hydrogen-bond acceptors (Lipinski definition) is 5. The summed E-state index contributed by atoms with van der Waals surface area (Å²) in [6.07, 6.45) is 5.97. The van der Waals surface area contributed by atoms with Gasteiger partial charge in [-0.2, -0.15) is 0 Å². The second kappa shape index (κ2) is 10.2. The van der Waals surface area contributed by atoms with Gasteiger partial charge in [0.2, 0.25) is 5.91 Å². The third-order valence-corrected chi connectivity index (χ3v) is 4.33. The van der Waals surface area contributed by atoms with Crippen molar-refractivity contribution in [3.63, 3.8) is 0 Å². The number of aromatic nitrogens is 3. The summed E-state index contributed by atoms with van der Waals surface area (Å²) in [5, 5.41) is 16.9. The summed E-state index contributed by atoms with van der Waals surface area (Å²) in [6, 6.07) is 17.4. The number of unbranched alkanes of at least 4 members (excludes halogenated alkanes) is 3. The number of rotatable bonds is 10. The van der Waals surface area contributed by atoms with E-state index in [4.69, 9.17) is 9.94 Å². The number of carbonyl (C=O) groups is 1. The van der Waals surface area contributed by atoms with E-state index in [-0.39, 0.29) is 5.91 Å². The Hall–Kier alpha value is -3.19. The largest absolute Gasteiger partial charge is 0.457 e. The van der Waals surface area contributed by atoms with Crippen molar-refractivity contribution in [3.05, 3.63) is 60.8 Å². The zero-order valence-electron chi connectivity index (χ0n) is 15.6. The monoisotopic (exact) mass is 380 g/mol. The molecule has 0 bridgehead atoms. The molecule has 1 heterocycles. The predicted molar refractivity (Wildman–Crippen MR) is 105 cm³/mol. The summed E-state index contributed by atoms with van der Waals surface area (Å²) in [6.45, 7) is 0.786. The van der Waals surface area contributed by atoms with E-state index in [9.17, 15) is 4.79 Å². The van der Waals surface area contributed by atoms with Crippen molar-refractivity contribution in [3.8, 4) is 22.8 Å². The highest BCUT2D eigenvalue weighted by Gasteiger charge is 2.05. The van der Waals surface area contributed by atoms with Gasteiger partial charge in [-0.15, -0.1) is 5.10 Å². The number of benzene rings is 2. The van der Waals surface area contributed by atoms with Crippen molar-refractivity contribution in [2.24, 2.45) is 0 Å². The molecule has 3 rings (SSSR count). The van der Waals surface area contributed by atoms with Crippen molar-refractivity contribution in [1.29, 1.82) is 0 Å². The Kier molecular flexibility index (Phi) is 7.14. The highest BCUT2D eigenvalue weighted by atomic mass is 16.5. The average Bonchev–Trinajstić information content (AvgIpc) is 3.20. The van der Waals surface area contributed by atoms with Crippen molar-refractivity contribution in [2.45, 2.75) is 38.6 Å². The van der Waals surface area contributed by atoms with Crippen LogP contribution in [-0.4, -0.2) is 26.1 Å². The van der Waals surface area contributed by atoms with Gasteiger partial charge in [0.25, 0.3) is 0 Å². The lowest BCUT2D eigenvalue weighted by atomic mass is 10.1. The molecule has 7 nitrogen and oxygen atoms in total. The lowest BCUT2D eigenvalue weighted by Crippen LogP contribution is -2.17. The first-order valence-corrected chi connectivity index (χ1v) is 9.41. The van der Waals surface area contributed by atoms with E-state index < -0.39 is 0 Å². The number of carbonyl (C=O) groups excluding carboxylic acids is 1. The van der Waals surface area contributed by atoms with Gasteiger partial charge in [-0.05, 0) is 49.2 Å². The number of nitrogens with one attached hydrogen (secondary N) is 1. The highest BCUT2D eigenvalue weighted by molar-refractivity contribution is 5.74. The highest BCUT2D eigenvalue weighted by Crippen LogP contribution is 2.24. The standard InChI is InChI=1S/C21H24N4O3/c26-21(23-27)10-6-1-2-7-15-25-16-20(22-24-25)17-11-13-19(14-12-17)28-18-8-4-3-5-9-18/h3-5,8-9,11-14,16,27H,1-2,6-7,10,15H2,(H,23,26). The number of hydroxylamine groups is 1. The molecule has 0 unspecified atom stereocenters. The molecule has 1 aromatic heterocycles. The summed E-state index contributed by atoms with van der Waals surface area (Å²) >= 11 is 0. The first-order valence-electron chi connectivity index (χ1n) is 9.41. The zero-order chi connectivity index (χ0) is 19.6. The molecular formula is C21H24N4O3. The van der Waals surface area contributed by atoms with Gasteiger partial charge in [-0.25, -0.2) is 5.48 Å². The minimum absolute atomic E-state index is 0.332. The Labute approximate surface area is 163 Å². The van der Waals surface area contributed by atoms with Crippen LogP contribution in [0.3, 0.4) is 0 Å². The maximum atomic E-state index is 10.9. The predicted octanol–water partition coefficient (Wildman–Crippen LogP) is 4.19. The molecule has 146 valence electrons. The van der Waals surface area contributed by atoms with Gasteiger partial charge >= 0.3 is 0 Å². The van der Waals surface area contributed by atoms with Gasteiger partial charge in [-0.1, -0.05) is 36.3 Å². The maximum Gasteiger partial charge on any atom is 0.243 e. The smallest absolute Gasteiger partial charge is 0.243 e. The van der Waals surface area contributed by atoms with Crippen LogP contribution in [0.15, 0.2) is 60.8 Å². The van der Waals surface area contributed by atoms with E-state index in [2.05, 4.69) is 10.3 Å². The third kappa shape index (κ3) is 5.92. The van der Waals surface area contributed by atoms with E-state index in [1.54, 1.807) is 5.48 Å². The summed E-state index contributed by atoms with van der Waals surface area (Å²) in [5.74, 6) is 1.25. The minimum atomic E-state index is -0.332. The molecule has 0 aliphatic heterocycles. The number of nitrogens with zero attached hydrogens (tertiary/aromatic N) is 3. The molecular weight excluding hydrogens is 356 g/mol. The van der Waals surface area contributed by atoms with Crippen LogP contribution in [0.2, 0.25) is 0 Å². The zero-order valence-corrected chi connectivity index (χ0v) is 15.6. The van der Waals surface area contributed by atoms with Gasteiger partial charge in [0.05, 0.1) is 6.20 Å². The van der Waals surface area contributed by atoms with Crippen LogP contribution in [-0.2, 0) is 11.3 Å². The van der Waals surface area contributed by atoms with Crippen LogP contribution in [0.1, 0.15) is 32.1 Å². The van der Waals surface area contributed by atoms with Crippen LogP contribution >= 0.6 is 0 Å². The van der Waals surface area contributed by atoms with Gasteiger partial charge in [0.1, 0.15) is 17.2 Å². The Balaban J connectivity index is 1.45. The maximum absolute atomic E-state index is 10.9. The number of para-hydroxylation sites is 1. The Bertz CT molecular complexity index is 863. The second-order valence-electron chi connectivity index (χ2n) is 6.51. The summed E-state index contributed by atoms with van der Waals surface area (Å²) in [5.41, 5.74) is 3.46. The third-order valence-electron chi connectivity index (χ3n) is 4.33. The van der Waals surface area contributed by atoms with Crippen LogP contribution < -0.4 is 10.2 Å². The van der Waals surface area contributed by atoms with Crippen LogP contribution in [0, 0.1) is 0 Å². The fourth-order valence-corrected chi connectivity index (χ4v) is 2.83. The number of hydrogen-bond donors (Lipinski definition) is 2. The van der Waals surface area contributed by atoms with Crippen molar-refractivity contribution in [1.82, 2.24) is 20.5 Å². The van der Waals surface area contributed by atoms with E-state index in [0.29, 0.717) is 6.42 Å². The molecule has 0 atom stereocenters. The molecule has 7 heteroatoms. The molecule has 0 fully saturated rings. The summed E-state index contributed by atoms with van der Waals surface area (Å²) < 4.78 is 7.64. The lowest BCUT2D eigenvalue weighted by molar-refractivity contribution is -0.129. The molecule has 0 saturated carbocycles. The average molecular weight is 380 g/mol. The topological polar surface area (TPSA) is 89.3 Å². The Morgan fingerprint density at radius 1 is 0.964 bits per heavy atom. The van der Waals surface area contributed by atoms with Gasteiger partial charge in [0.15, 0.2) is 0 Å². The number of amides is 1. The Morgan fingerprint density at radius 2 is 1.68 bits per heavy atom. The van der Waals surface area contributed by atoms with Crippen molar-refractivity contribution >= 4 is 5.91 Å². The Morgan fingerprint density at radius 3 is 2.43 bits per heavy atom. The van der Waals surface area contributed by atoms with Crippen molar-refractivity contribution < 1.29 is 14.7 Å². The molecule has 0 saturated heterocycles. The number of aryl methyl sites for hydroxylation is 1. The molecule has 0 aliphatic carbocycles. The van der Waals surface area contributed by atoms with E-state index in [1.807, 2.05) is 65.5 Å². The fraction of sp³-hybridized carbons (Fsp3) is 0.286. The SMILES string of the molecule is O=C(CCCCCCn1cc(-c2ccc(Oc3ccccc3)cc2)nn1)NO. The summed E-state index contributed by atoms with van der Waals surface area (Å²) in [4.78, 5) is 10.9. The van der Waals surface area contributed by atoms with Crippen LogP contribution in [0.25, 0.3) is 11.3 Å². The van der Waals surface area contributed by atoms with Crippen LogP contribution in [0.5, 0.6) is 11.5 Å². The van der Waals surface area contributed by atoms with E-state index in [0.717, 1.165) is 55.0 Å². The van der Waals surface area contributed by atoms with Gasteiger partial charge < -0.3 is 4.74 Å². The molecule has 3 aromatic rings. The first-order chi connectivity index (χ1) is 13.7. The quantitative estimate of drug-likeness (QED) is 0.313. The van der Waals surface area contributed by atoms with Crippen molar-refractivity contribution in [2.75, 3.05) is 0 Å². The molecule has 0 radical (unpaired) electrons. The normalized spacial score (nSPS) is 10.6. The molecule has 1 amide bonds. The number of ether oxygens (including phenoxy) is 1. The van der Waals surface area contributed by atoms with Crippen LogP contribution in [0.4, 0.5) is 0 Å². The van der Waals surface area contributed by atoms with Gasteiger partial charge in [-0.3, -0.25) is 14.7 Å². The van der Waals surface area contributed by atoms with E-state index >= 15 is 0 Å². The first kappa shape index (κ1) is 19.6. The van der Waals surface area contributed by atoms with Gasteiger partial charge in [0, 0.05) is 18.5 Å². The minimum Gasteiger partial charge on any atom is -0.457 e. The molecule has 0 spiro atoms. The fourth-order valence-electron chi connectivity index (χ4n) is 2.83. The summed E-state index contributed by atoms with van der Waals surface area (Å²) in [7, 11) is 0. The molecule has 2 aromatic carbocycles. The lowest BCUT2D eigenvalue weighted by Gasteiger charge is -2.05. The molecule has 28 heavy (non-hydrogen) atoms. The molecule has 0 aliphatic rings. The van der Waals surface area contributed by atoms with E-state index in [1.165, 1.54) is 0 Å².